The first kappa shape index (κ1) is 20.6. The second kappa shape index (κ2) is 8.47. The maximum Gasteiger partial charge on any atom is 0.255 e. The number of nitrogens with one attached hydrogen (secondary N) is 2. The fourth-order valence-corrected chi connectivity index (χ4v) is 3.55. The number of benzene rings is 2. The van der Waals surface area contributed by atoms with Crippen LogP contribution in [0.4, 0.5) is 11.4 Å². The SMILES string of the molecule is Cc1cccc(C)c1NC(=O)c1ccc(NC(=O)C2CC(=O)N(C(C)C)C2)cc1. The first-order valence-corrected chi connectivity index (χ1v) is 9.84. The van der Waals surface area contributed by atoms with E-state index in [-0.39, 0.29) is 36.1 Å². The third-order valence-electron chi connectivity index (χ3n) is 5.29. The molecule has 1 unspecified atom stereocenters. The molecule has 6 nitrogen and oxygen atoms in total. The lowest BCUT2D eigenvalue weighted by Crippen LogP contribution is -2.33. The number of hydrogen-bond acceptors (Lipinski definition) is 3. The van der Waals surface area contributed by atoms with Crippen molar-refractivity contribution in [3.05, 3.63) is 59.2 Å². The average Bonchev–Trinajstić information content (AvgIpc) is 3.07. The van der Waals surface area contributed by atoms with E-state index < -0.39 is 0 Å². The van der Waals surface area contributed by atoms with Gasteiger partial charge in [-0.1, -0.05) is 18.2 Å². The number of nitrogens with zero attached hydrogens (tertiary/aromatic N) is 1. The predicted octanol–water partition coefficient (Wildman–Crippen LogP) is 3.75. The van der Waals surface area contributed by atoms with Gasteiger partial charge in [0, 0.05) is 35.9 Å². The normalized spacial score (nSPS) is 16.2. The van der Waals surface area contributed by atoms with Crippen molar-refractivity contribution < 1.29 is 14.4 Å². The average molecular weight is 393 g/mol. The van der Waals surface area contributed by atoms with Gasteiger partial charge in [-0.15, -0.1) is 0 Å². The fourth-order valence-electron chi connectivity index (χ4n) is 3.55. The van der Waals surface area contributed by atoms with Crippen molar-refractivity contribution in [3.8, 4) is 0 Å². The van der Waals surface area contributed by atoms with E-state index in [0.717, 1.165) is 16.8 Å². The second-order valence-corrected chi connectivity index (χ2v) is 7.83. The largest absolute Gasteiger partial charge is 0.339 e. The molecule has 6 heteroatoms. The number of likely N-dealkylation sites (tertiary alicyclic amines) is 1. The van der Waals surface area contributed by atoms with Gasteiger partial charge in [0.2, 0.25) is 11.8 Å². The Bertz CT molecular complexity index is 915. The van der Waals surface area contributed by atoms with Crippen LogP contribution in [0.3, 0.4) is 0 Å². The van der Waals surface area contributed by atoms with E-state index in [0.29, 0.717) is 17.8 Å². The summed E-state index contributed by atoms with van der Waals surface area (Å²) >= 11 is 0. The molecule has 2 aromatic rings. The van der Waals surface area contributed by atoms with Crippen LogP contribution >= 0.6 is 0 Å². The first-order chi connectivity index (χ1) is 13.8. The lowest BCUT2D eigenvalue weighted by Gasteiger charge is -2.20. The number of para-hydroxylation sites is 1. The van der Waals surface area contributed by atoms with Crippen LogP contribution in [0.1, 0.15) is 41.8 Å². The minimum atomic E-state index is -0.350. The summed E-state index contributed by atoms with van der Waals surface area (Å²) in [5, 5.41) is 5.80. The number of carbonyl (C=O) groups excluding carboxylic acids is 3. The maximum absolute atomic E-state index is 12.6. The summed E-state index contributed by atoms with van der Waals surface area (Å²) in [5.41, 5.74) is 3.94. The molecule has 0 aromatic heterocycles. The van der Waals surface area contributed by atoms with Gasteiger partial charge in [0.25, 0.3) is 5.91 Å². The molecule has 2 aromatic carbocycles. The Balaban J connectivity index is 1.62. The molecule has 1 aliphatic rings. The fraction of sp³-hybridized carbons (Fsp3) is 0.348. The summed E-state index contributed by atoms with van der Waals surface area (Å²) in [7, 11) is 0. The summed E-state index contributed by atoms with van der Waals surface area (Å²) in [6.45, 7) is 8.24. The van der Waals surface area contributed by atoms with E-state index in [1.165, 1.54) is 0 Å². The van der Waals surface area contributed by atoms with E-state index in [4.69, 9.17) is 0 Å². The summed E-state index contributed by atoms with van der Waals surface area (Å²) in [6, 6.07) is 12.7. The number of anilines is 2. The zero-order chi connectivity index (χ0) is 21.1. The highest BCUT2D eigenvalue weighted by atomic mass is 16.2. The molecule has 2 N–H and O–H groups in total. The molecule has 0 saturated carbocycles. The lowest BCUT2D eigenvalue weighted by molar-refractivity contribution is -0.129. The topological polar surface area (TPSA) is 78.5 Å². The van der Waals surface area contributed by atoms with Crippen LogP contribution in [0.15, 0.2) is 42.5 Å². The standard InChI is InChI=1S/C23H27N3O3/c1-14(2)26-13-18(12-20(26)27)23(29)24-19-10-8-17(9-11-19)22(28)25-21-15(3)6-5-7-16(21)4/h5-11,14,18H,12-13H2,1-4H3,(H,24,29)(H,25,28). The van der Waals surface area contributed by atoms with Crippen LogP contribution in [0.25, 0.3) is 0 Å². The smallest absolute Gasteiger partial charge is 0.255 e. The van der Waals surface area contributed by atoms with Gasteiger partial charge in [0.15, 0.2) is 0 Å². The van der Waals surface area contributed by atoms with Gasteiger partial charge in [-0.25, -0.2) is 0 Å². The van der Waals surface area contributed by atoms with Crippen molar-refractivity contribution in [3.63, 3.8) is 0 Å². The van der Waals surface area contributed by atoms with Crippen LogP contribution in [-0.2, 0) is 9.59 Å². The molecular formula is C23H27N3O3. The molecule has 0 aliphatic carbocycles. The van der Waals surface area contributed by atoms with E-state index in [2.05, 4.69) is 10.6 Å². The number of amides is 3. The Morgan fingerprint density at radius 2 is 1.62 bits per heavy atom. The molecule has 1 saturated heterocycles. The number of rotatable bonds is 5. The molecular weight excluding hydrogens is 366 g/mol. The van der Waals surface area contributed by atoms with Crippen LogP contribution < -0.4 is 10.6 Å². The monoisotopic (exact) mass is 393 g/mol. The van der Waals surface area contributed by atoms with Crippen LogP contribution in [0.5, 0.6) is 0 Å². The molecule has 3 amide bonds. The molecule has 1 aliphatic heterocycles. The summed E-state index contributed by atoms with van der Waals surface area (Å²) in [5.74, 6) is -0.709. The van der Waals surface area contributed by atoms with Crippen molar-refractivity contribution >= 4 is 29.1 Å². The van der Waals surface area contributed by atoms with Crippen molar-refractivity contribution in [1.82, 2.24) is 4.90 Å². The van der Waals surface area contributed by atoms with E-state index in [1.807, 2.05) is 45.9 Å². The highest BCUT2D eigenvalue weighted by Gasteiger charge is 2.35. The molecule has 0 radical (unpaired) electrons. The van der Waals surface area contributed by atoms with E-state index in [1.54, 1.807) is 29.2 Å². The van der Waals surface area contributed by atoms with Gasteiger partial charge in [-0.2, -0.15) is 0 Å². The van der Waals surface area contributed by atoms with Crippen molar-refractivity contribution in [2.24, 2.45) is 5.92 Å². The Morgan fingerprint density at radius 1 is 1.00 bits per heavy atom. The summed E-state index contributed by atoms with van der Waals surface area (Å²) < 4.78 is 0. The summed E-state index contributed by atoms with van der Waals surface area (Å²) in [4.78, 5) is 38.8. The van der Waals surface area contributed by atoms with Gasteiger partial charge < -0.3 is 15.5 Å². The van der Waals surface area contributed by atoms with Gasteiger partial charge in [0.1, 0.15) is 0 Å². The molecule has 29 heavy (non-hydrogen) atoms. The van der Waals surface area contributed by atoms with E-state index >= 15 is 0 Å². The van der Waals surface area contributed by atoms with Gasteiger partial charge in [-0.3, -0.25) is 14.4 Å². The van der Waals surface area contributed by atoms with E-state index in [9.17, 15) is 14.4 Å². The minimum Gasteiger partial charge on any atom is -0.339 e. The second-order valence-electron chi connectivity index (χ2n) is 7.83. The molecule has 0 spiro atoms. The van der Waals surface area contributed by atoms with Gasteiger partial charge in [-0.05, 0) is 63.1 Å². The van der Waals surface area contributed by atoms with Gasteiger partial charge in [0.05, 0.1) is 5.92 Å². The Hall–Kier alpha value is -3.15. The van der Waals surface area contributed by atoms with Crippen molar-refractivity contribution in [2.75, 3.05) is 17.2 Å². The molecule has 0 bridgehead atoms. The highest BCUT2D eigenvalue weighted by Crippen LogP contribution is 2.23. The number of hydrogen-bond donors (Lipinski definition) is 2. The van der Waals surface area contributed by atoms with Crippen LogP contribution in [-0.4, -0.2) is 35.2 Å². The Morgan fingerprint density at radius 3 is 2.17 bits per heavy atom. The van der Waals surface area contributed by atoms with Crippen LogP contribution in [0, 0.1) is 19.8 Å². The number of carbonyl (C=O) groups is 3. The first-order valence-electron chi connectivity index (χ1n) is 9.84. The molecule has 3 rings (SSSR count). The van der Waals surface area contributed by atoms with Crippen molar-refractivity contribution in [2.45, 2.75) is 40.2 Å². The quantitative estimate of drug-likeness (QED) is 0.812. The van der Waals surface area contributed by atoms with Crippen molar-refractivity contribution in [1.29, 1.82) is 0 Å². The molecule has 1 fully saturated rings. The Labute approximate surface area is 171 Å². The van der Waals surface area contributed by atoms with Gasteiger partial charge >= 0.3 is 0 Å². The zero-order valence-corrected chi connectivity index (χ0v) is 17.3. The molecule has 1 heterocycles. The highest BCUT2D eigenvalue weighted by molar-refractivity contribution is 6.05. The molecule has 152 valence electrons. The predicted molar refractivity (Wildman–Crippen MR) is 114 cm³/mol. The number of aryl methyl sites for hydroxylation is 2. The lowest BCUT2D eigenvalue weighted by atomic mass is 10.1. The maximum atomic E-state index is 12.6. The molecule has 1 atom stereocenters. The zero-order valence-electron chi connectivity index (χ0n) is 17.3. The third kappa shape index (κ3) is 4.65. The Kier molecular flexibility index (Phi) is 6.01. The third-order valence-corrected chi connectivity index (χ3v) is 5.29. The summed E-state index contributed by atoms with van der Waals surface area (Å²) in [6.07, 6.45) is 0.236. The van der Waals surface area contributed by atoms with Crippen LogP contribution in [0.2, 0.25) is 0 Å². The minimum absolute atomic E-state index is 0.0127.